The molecule has 0 bridgehead atoms. The van der Waals surface area contributed by atoms with Crippen molar-refractivity contribution in [3.63, 3.8) is 0 Å². The Balaban J connectivity index is 1.29. The van der Waals surface area contributed by atoms with E-state index in [9.17, 15) is 10.2 Å². The molecule has 4 aliphatic carbocycles. The fourth-order valence-corrected chi connectivity index (χ4v) is 10.4. The molecule has 1 spiro atoms. The van der Waals surface area contributed by atoms with Gasteiger partial charge < -0.3 is 14.9 Å². The van der Waals surface area contributed by atoms with Crippen LogP contribution in [0.5, 0.6) is 0 Å². The largest absolute Gasteiger partial charge is 0.393 e. The maximum Gasteiger partial charge on any atom is 0.122 e. The molecule has 2 heterocycles. The molecule has 0 amide bonds. The monoisotopic (exact) mass is 431 g/mol. The van der Waals surface area contributed by atoms with Crippen LogP contribution in [0.1, 0.15) is 91.9 Å². The first-order valence-electron chi connectivity index (χ1n) is 13.5. The Morgan fingerprint density at radius 3 is 2.45 bits per heavy atom. The van der Waals surface area contributed by atoms with Gasteiger partial charge in [-0.25, -0.2) is 0 Å². The van der Waals surface area contributed by atoms with Gasteiger partial charge in [-0.1, -0.05) is 27.7 Å². The molecule has 0 radical (unpaired) electrons. The average molecular weight is 432 g/mol. The third-order valence-electron chi connectivity index (χ3n) is 12.3. The van der Waals surface area contributed by atoms with Crippen LogP contribution in [0.2, 0.25) is 0 Å². The predicted molar refractivity (Wildman–Crippen MR) is 121 cm³/mol. The normalized spacial score (nSPS) is 63.3. The summed E-state index contributed by atoms with van der Waals surface area (Å²) < 4.78 is 6.96. The number of nitrogens with one attached hydrogen (secondary N) is 1. The molecule has 12 atom stereocenters. The molecule has 2 saturated heterocycles. The highest BCUT2D eigenvalue weighted by Gasteiger charge is 2.72. The fourth-order valence-electron chi connectivity index (χ4n) is 10.4. The van der Waals surface area contributed by atoms with Gasteiger partial charge in [0.15, 0.2) is 0 Å². The molecule has 6 rings (SSSR count). The van der Waals surface area contributed by atoms with Crippen LogP contribution in [0.15, 0.2) is 0 Å². The summed E-state index contributed by atoms with van der Waals surface area (Å²) >= 11 is 0. The van der Waals surface area contributed by atoms with Gasteiger partial charge in [0, 0.05) is 12.5 Å². The number of hydrogen-bond acceptors (Lipinski definition) is 4. The number of aliphatic hydroxyl groups is 2. The zero-order chi connectivity index (χ0) is 21.8. The van der Waals surface area contributed by atoms with Gasteiger partial charge in [-0.2, -0.15) is 0 Å². The van der Waals surface area contributed by atoms with E-state index < -0.39 is 5.60 Å². The third-order valence-corrected chi connectivity index (χ3v) is 12.3. The van der Waals surface area contributed by atoms with Crippen molar-refractivity contribution in [3.8, 4) is 0 Å². The molecular formula is C27H45NO3. The first kappa shape index (κ1) is 21.4. The lowest BCUT2D eigenvalue weighted by molar-refractivity contribution is -0.243. The van der Waals surface area contributed by atoms with Crippen LogP contribution in [-0.4, -0.2) is 40.3 Å². The van der Waals surface area contributed by atoms with Gasteiger partial charge >= 0.3 is 0 Å². The molecule has 4 nitrogen and oxygen atoms in total. The Hall–Kier alpha value is -0.160. The lowest BCUT2D eigenvalue weighted by atomic mass is 9.42. The number of fused-ring (bicyclic) bond motifs is 7. The number of hydrogen-bond donors (Lipinski definition) is 3. The Kier molecular flexibility index (Phi) is 4.62. The molecule has 12 unspecified atom stereocenters. The van der Waals surface area contributed by atoms with Gasteiger partial charge in [0.2, 0.25) is 0 Å². The van der Waals surface area contributed by atoms with Crippen molar-refractivity contribution in [1.82, 2.24) is 5.32 Å². The molecule has 4 saturated carbocycles. The number of rotatable bonds is 0. The van der Waals surface area contributed by atoms with E-state index in [-0.39, 0.29) is 22.7 Å². The highest BCUT2D eigenvalue weighted by atomic mass is 16.5. The highest BCUT2D eigenvalue weighted by Crippen LogP contribution is 2.72. The molecule has 2 aliphatic heterocycles. The molecule has 6 aliphatic rings. The van der Waals surface area contributed by atoms with Crippen LogP contribution in [0.4, 0.5) is 0 Å². The summed E-state index contributed by atoms with van der Waals surface area (Å²) in [6, 6.07) is 0. The van der Waals surface area contributed by atoms with Crippen LogP contribution >= 0.6 is 0 Å². The number of ether oxygens (including phenoxy) is 1. The van der Waals surface area contributed by atoms with Crippen molar-refractivity contribution < 1.29 is 14.9 Å². The van der Waals surface area contributed by atoms with E-state index >= 15 is 0 Å². The van der Waals surface area contributed by atoms with E-state index in [1.54, 1.807) is 0 Å². The second-order valence-electron chi connectivity index (χ2n) is 13.4. The minimum absolute atomic E-state index is 0.0249. The smallest absolute Gasteiger partial charge is 0.122 e. The molecular weight excluding hydrogens is 386 g/mol. The lowest BCUT2D eigenvalue weighted by Crippen LogP contribution is -2.66. The summed E-state index contributed by atoms with van der Waals surface area (Å²) in [4.78, 5) is 0. The number of aliphatic hydroxyl groups excluding tert-OH is 1. The van der Waals surface area contributed by atoms with Crippen molar-refractivity contribution >= 4 is 0 Å². The average Bonchev–Trinajstić information content (AvgIpc) is 3.17. The minimum Gasteiger partial charge on any atom is -0.393 e. The van der Waals surface area contributed by atoms with Crippen LogP contribution < -0.4 is 5.32 Å². The molecule has 3 N–H and O–H groups in total. The van der Waals surface area contributed by atoms with Gasteiger partial charge in [0.25, 0.3) is 0 Å². The fraction of sp³-hybridized carbons (Fsp3) is 1.00. The maximum absolute atomic E-state index is 12.4. The summed E-state index contributed by atoms with van der Waals surface area (Å²) in [5.74, 6) is 3.37. The van der Waals surface area contributed by atoms with E-state index in [4.69, 9.17) is 4.74 Å². The quantitative estimate of drug-likeness (QED) is 0.529. The van der Waals surface area contributed by atoms with Crippen molar-refractivity contribution in [2.24, 2.45) is 46.3 Å². The van der Waals surface area contributed by atoms with Crippen LogP contribution in [-0.2, 0) is 4.74 Å². The first-order valence-corrected chi connectivity index (χ1v) is 13.5. The molecule has 0 aromatic carbocycles. The first-order chi connectivity index (χ1) is 14.6. The van der Waals surface area contributed by atoms with Gasteiger partial charge in [-0.15, -0.1) is 0 Å². The van der Waals surface area contributed by atoms with Gasteiger partial charge in [-0.3, -0.25) is 5.32 Å². The van der Waals surface area contributed by atoms with Gasteiger partial charge in [0.1, 0.15) is 5.72 Å². The Labute approximate surface area is 188 Å². The van der Waals surface area contributed by atoms with E-state index in [0.717, 1.165) is 63.8 Å². The van der Waals surface area contributed by atoms with E-state index in [1.807, 2.05) is 0 Å². The summed E-state index contributed by atoms with van der Waals surface area (Å²) in [5.41, 5.74) is -0.402. The standard InChI is InChI=1S/C27H45NO3/c1-16-7-10-27(28-15-16)17(2)23-22(31-27)14-21-20-6-5-18-13-19(29)8-9-25(18,4)26(20,30)12-11-24(21,23)3/h16-23,28-30H,5-15H2,1-4H3. The second-order valence-corrected chi connectivity index (χ2v) is 13.4. The van der Waals surface area contributed by atoms with Crippen molar-refractivity contribution in [1.29, 1.82) is 0 Å². The van der Waals surface area contributed by atoms with E-state index in [0.29, 0.717) is 35.7 Å². The summed E-state index contributed by atoms with van der Waals surface area (Å²) in [7, 11) is 0. The molecule has 6 fully saturated rings. The second kappa shape index (κ2) is 6.71. The molecule has 4 heteroatoms. The van der Waals surface area contributed by atoms with Crippen molar-refractivity contribution in [2.45, 2.75) is 115 Å². The lowest BCUT2D eigenvalue weighted by Gasteiger charge is -2.65. The topological polar surface area (TPSA) is 61.7 Å². The predicted octanol–water partition coefficient (Wildman–Crippen LogP) is 4.48. The Bertz CT molecular complexity index is 734. The van der Waals surface area contributed by atoms with Crippen molar-refractivity contribution in [2.75, 3.05) is 6.54 Å². The van der Waals surface area contributed by atoms with Crippen LogP contribution in [0.3, 0.4) is 0 Å². The number of piperidine rings is 1. The molecule has 0 aromatic rings. The van der Waals surface area contributed by atoms with Crippen molar-refractivity contribution in [3.05, 3.63) is 0 Å². The molecule has 0 aromatic heterocycles. The summed E-state index contributed by atoms with van der Waals surface area (Å²) in [6.07, 6.45) is 10.9. The van der Waals surface area contributed by atoms with E-state index in [2.05, 4.69) is 33.0 Å². The summed E-state index contributed by atoms with van der Waals surface area (Å²) in [5, 5.41) is 26.5. The van der Waals surface area contributed by atoms with Gasteiger partial charge in [0.05, 0.1) is 17.8 Å². The third kappa shape index (κ3) is 2.63. The SMILES string of the molecule is CC1CCC2(NC1)OC1CC3C4CCC5CC(O)CCC5(C)C4(O)CCC3(C)C1C2C. The summed E-state index contributed by atoms with van der Waals surface area (Å²) in [6.45, 7) is 10.8. The zero-order valence-electron chi connectivity index (χ0n) is 20.2. The van der Waals surface area contributed by atoms with E-state index in [1.165, 1.54) is 12.8 Å². The van der Waals surface area contributed by atoms with Crippen LogP contribution in [0.25, 0.3) is 0 Å². The van der Waals surface area contributed by atoms with Crippen LogP contribution in [0, 0.1) is 46.3 Å². The molecule has 31 heavy (non-hydrogen) atoms. The Morgan fingerprint density at radius 2 is 1.71 bits per heavy atom. The van der Waals surface area contributed by atoms with Gasteiger partial charge in [-0.05, 0) is 105 Å². The zero-order valence-corrected chi connectivity index (χ0v) is 20.2. The molecule has 176 valence electrons. The highest BCUT2D eigenvalue weighted by molar-refractivity contribution is 5.20. The minimum atomic E-state index is -0.557. The maximum atomic E-state index is 12.4. The Morgan fingerprint density at radius 1 is 0.903 bits per heavy atom.